The molecule has 1 aromatic carbocycles. The van der Waals surface area contributed by atoms with Gasteiger partial charge in [0.05, 0.1) is 7.11 Å². The van der Waals surface area contributed by atoms with Crippen LogP contribution in [0.5, 0.6) is 5.75 Å². The van der Waals surface area contributed by atoms with Gasteiger partial charge in [0.2, 0.25) is 0 Å². The van der Waals surface area contributed by atoms with E-state index in [4.69, 9.17) is 4.74 Å². The van der Waals surface area contributed by atoms with Gasteiger partial charge in [-0.1, -0.05) is 38.5 Å². The first-order chi connectivity index (χ1) is 8.74. The zero-order chi connectivity index (χ0) is 13.0. The Bertz CT molecular complexity index is 371. The van der Waals surface area contributed by atoms with Crippen molar-refractivity contribution in [1.29, 1.82) is 0 Å². The largest absolute Gasteiger partial charge is 0.496 e. The Kier molecular flexibility index (Phi) is 4.65. The molecule has 100 valence electrons. The van der Waals surface area contributed by atoms with E-state index in [1.807, 2.05) is 6.07 Å². The lowest BCUT2D eigenvalue weighted by Gasteiger charge is -2.37. The summed E-state index contributed by atoms with van der Waals surface area (Å²) >= 11 is 0. The highest BCUT2D eigenvalue weighted by Gasteiger charge is 2.31. The van der Waals surface area contributed by atoms with Crippen molar-refractivity contribution in [2.45, 2.75) is 45.1 Å². The molecule has 0 radical (unpaired) electrons. The van der Waals surface area contributed by atoms with E-state index >= 15 is 0 Å². The maximum Gasteiger partial charge on any atom is 0.122 e. The first-order valence-electron chi connectivity index (χ1n) is 7.10. The highest BCUT2D eigenvalue weighted by Crippen LogP contribution is 2.40. The molecule has 18 heavy (non-hydrogen) atoms. The monoisotopic (exact) mass is 247 g/mol. The molecule has 1 aliphatic carbocycles. The predicted molar refractivity (Wildman–Crippen MR) is 76.2 cm³/mol. The van der Waals surface area contributed by atoms with Gasteiger partial charge in [-0.25, -0.2) is 0 Å². The van der Waals surface area contributed by atoms with Crippen LogP contribution in [0, 0.1) is 5.92 Å². The number of rotatable bonds is 6. The van der Waals surface area contributed by atoms with Crippen LogP contribution in [0.4, 0.5) is 0 Å². The maximum atomic E-state index is 5.43. The van der Waals surface area contributed by atoms with Crippen molar-refractivity contribution in [2.75, 3.05) is 13.7 Å². The van der Waals surface area contributed by atoms with Crippen LogP contribution in [0.15, 0.2) is 24.3 Å². The number of hydrogen-bond acceptors (Lipinski definition) is 2. The minimum absolute atomic E-state index is 0.676. The van der Waals surface area contributed by atoms with Gasteiger partial charge in [0.15, 0.2) is 0 Å². The first-order valence-corrected chi connectivity index (χ1v) is 7.10. The van der Waals surface area contributed by atoms with Crippen LogP contribution >= 0.6 is 0 Å². The summed E-state index contributed by atoms with van der Waals surface area (Å²) in [5.74, 6) is 2.51. The highest BCUT2D eigenvalue weighted by molar-refractivity contribution is 5.37. The second-order valence-corrected chi connectivity index (χ2v) is 5.53. The molecule has 1 saturated carbocycles. The average molecular weight is 247 g/mol. The van der Waals surface area contributed by atoms with E-state index in [1.165, 1.54) is 24.8 Å². The molecule has 1 aliphatic rings. The number of ether oxygens (including phenoxy) is 1. The topological polar surface area (TPSA) is 21.3 Å². The lowest BCUT2D eigenvalue weighted by Crippen LogP contribution is -2.41. The molecule has 0 spiro atoms. The lowest BCUT2D eigenvalue weighted by molar-refractivity contribution is 0.271. The fourth-order valence-electron chi connectivity index (χ4n) is 2.55. The number of benzene rings is 1. The highest BCUT2D eigenvalue weighted by atomic mass is 16.5. The summed E-state index contributed by atoms with van der Waals surface area (Å²) in [4.78, 5) is 0. The van der Waals surface area contributed by atoms with Gasteiger partial charge in [0, 0.05) is 6.04 Å². The van der Waals surface area contributed by atoms with Crippen LogP contribution in [0.25, 0.3) is 0 Å². The van der Waals surface area contributed by atoms with Gasteiger partial charge in [-0.05, 0) is 42.9 Å². The molecule has 1 fully saturated rings. The van der Waals surface area contributed by atoms with Crippen molar-refractivity contribution in [3.8, 4) is 5.75 Å². The van der Waals surface area contributed by atoms with Crippen LogP contribution in [0.1, 0.15) is 44.6 Å². The Balaban J connectivity index is 1.81. The van der Waals surface area contributed by atoms with Crippen LogP contribution in [-0.4, -0.2) is 19.7 Å². The summed E-state index contributed by atoms with van der Waals surface area (Å²) < 4.78 is 5.43. The third-order valence-electron chi connectivity index (χ3n) is 4.17. The van der Waals surface area contributed by atoms with E-state index < -0.39 is 0 Å². The second-order valence-electron chi connectivity index (χ2n) is 5.53. The molecule has 0 aromatic heterocycles. The van der Waals surface area contributed by atoms with Crippen LogP contribution in [-0.2, 0) is 0 Å². The molecule has 0 heterocycles. The summed E-state index contributed by atoms with van der Waals surface area (Å²) in [6, 6.07) is 9.12. The molecule has 2 rings (SSSR count). The van der Waals surface area contributed by atoms with Crippen LogP contribution in [0.3, 0.4) is 0 Å². The number of methoxy groups -OCH3 is 1. The van der Waals surface area contributed by atoms with Crippen LogP contribution < -0.4 is 10.1 Å². The third-order valence-corrected chi connectivity index (χ3v) is 4.17. The summed E-state index contributed by atoms with van der Waals surface area (Å²) in [7, 11) is 1.76. The minimum Gasteiger partial charge on any atom is -0.496 e. The van der Waals surface area contributed by atoms with E-state index in [0.717, 1.165) is 18.2 Å². The molecule has 0 amide bonds. The molecule has 1 unspecified atom stereocenters. The molecule has 1 atom stereocenters. The standard InChI is InChI=1S/C16H25NO/c1-4-12(2)11-17-14-9-13(10-14)15-7-5-6-8-16(15)18-3/h5-8,12-14,17H,4,9-11H2,1-3H3. The predicted octanol–water partition coefficient (Wildman–Crippen LogP) is 3.58. The van der Waals surface area contributed by atoms with Crippen molar-refractivity contribution >= 4 is 0 Å². The van der Waals surface area contributed by atoms with Crippen molar-refractivity contribution < 1.29 is 4.74 Å². The van der Waals surface area contributed by atoms with Gasteiger partial charge in [0.25, 0.3) is 0 Å². The SMILES string of the molecule is CCC(C)CNC1CC(c2ccccc2OC)C1. The van der Waals surface area contributed by atoms with Crippen molar-refractivity contribution in [3.05, 3.63) is 29.8 Å². The van der Waals surface area contributed by atoms with Gasteiger partial charge in [-0.15, -0.1) is 0 Å². The zero-order valence-electron chi connectivity index (χ0n) is 11.8. The molecule has 1 aromatic rings. The third kappa shape index (κ3) is 3.05. The summed E-state index contributed by atoms with van der Waals surface area (Å²) in [6.45, 7) is 5.72. The molecular formula is C16H25NO. The summed E-state index contributed by atoms with van der Waals surface area (Å²) in [5.41, 5.74) is 1.38. The fourth-order valence-corrected chi connectivity index (χ4v) is 2.55. The number of nitrogens with one attached hydrogen (secondary N) is 1. The van der Waals surface area contributed by atoms with Gasteiger partial charge in [-0.3, -0.25) is 0 Å². The van der Waals surface area contributed by atoms with E-state index in [1.54, 1.807) is 7.11 Å². The van der Waals surface area contributed by atoms with Gasteiger partial charge < -0.3 is 10.1 Å². The van der Waals surface area contributed by atoms with Crippen molar-refractivity contribution in [3.63, 3.8) is 0 Å². The lowest BCUT2D eigenvalue weighted by atomic mass is 9.75. The van der Waals surface area contributed by atoms with E-state index in [2.05, 4.69) is 37.4 Å². The van der Waals surface area contributed by atoms with Crippen molar-refractivity contribution in [1.82, 2.24) is 5.32 Å². The number of para-hydroxylation sites is 1. The Labute approximate surface area is 111 Å². The first kappa shape index (κ1) is 13.4. The molecule has 0 saturated heterocycles. The van der Waals surface area contributed by atoms with Gasteiger partial charge >= 0.3 is 0 Å². The van der Waals surface area contributed by atoms with E-state index in [0.29, 0.717) is 12.0 Å². The summed E-state index contributed by atoms with van der Waals surface area (Å²) in [6.07, 6.45) is 3.75. The summed E-state index contributed by atoms with van der Waals surface area (Å²) in [5, 5.41) is 3.67. The molecule has 0 bridgehead atoms. The van der Waals surface area contributed by atoms with Crippen LogP contribution in [0.2, 0.25) is 0 Å². The Morgan fingerprint density at radius 3 is 2.72 bits per heavy atom. The van der Waals surface area contributed by atoms with E-state index in [-0.39, 0.29) is 0 Å². The quantitative estimate of drug-likeness (QED) is 0.829. The normalized spacial score (nSPS) is 24.4. The second kappa shape index (κ2) is 6.24. The van der Waals surface area contributed by atoms with Gasteiger partial charge in [-0.2, -0.15) is 0 Å². The Hall–Kier alpha value is -1.02. The fraction of sp³-hybridized carbons (Fsp3) is 0.625. The molecular weight excluding hydrogens is 222 g/mol. The number of hydrogen-bond donors (Lipinski definition) is 1. The molecule has 1 N–H and O–H groups in total. The smallest absolute Gasteiger partial charge is 0.122 e. The maximum absolute atomic E-state index is 5.43. The van der Waals surface area contributed by atoms with Gasteiger partial charge in [0.1, 0.15) is 5.75 Å². The molecule has 2 heteroatoms. The molecule has 2 nitrogen and oxygen atoms in total. The minimum atomic E-state index is 0.676. The Morgan fingerprint density at radius 2 is 2.06 bits per heavy atom. The zero-order valence-corrected chi connectivity index (χ0v) is 11.8. The average Bonchev–Trinajstić information content (AvgIpc) is 2.37. The van der Waals surface area contributed by atoms with E-state index in [9.17, 15) is 0 Å². The Morgan fingerprint density at radius 1 is 1.33 bits per heavy atom. The van der Waals surface area contributed by atoms with Crippen molar-refractivity contribution in [2.24, 2.45) is 5.92 Å². The molecule has 0 aliphatic heterocycles.